The van der Waals surface area contributed by atoms with Crippen LogP contribution in [0.25, 0.3) is 33.0 Å². The van der Waals surface area contributed by atoms with E-state index in [4.69, 9.17) is 0 Å². The molecule has 32 heavy (non-hydrogen) atoms. The predicted octanol–water partition coefficient (Wildman–Crippen LogP) is 8.85. The van der Waals surface area contributed by atoms with Crippen molar-refractivity contribution in [2.75, 3.05) is 0 Å². The molecule has 0 saturated heterocycles. The highest BCUT2D eigenvalue weighted by Gasteiger charge is 2.13. The number of aryl methyl sites for hydroxylation is 1. The molecule has 0 fully saturated rings. The molecule has 0 bridgehead atoms. The zero-order chi connectivity index (χ0) is 22.7. The van der Waals surface area contributed by atoms with E-state index >= 15 is 0 Å². The Bertz CT molecular complexity index is 1260. The van der Waals surface area contributed by atoms with Gasteiger partial charge in [0.1, 0.15) is 11.6 Å². The molecular weight excluding hydrogens is 412 g/mol. The second kappa shape index (κ2) is 9.56. The Labute approximate surface area is 185 Å². The van der Waals surface area contributed by atoms with Crippen molar-refractivity contribution in [2.45, 2.75) is 39.0 Å². The first kappa shape index (κ1) is 22.1. The summed E-state index contributed by atoms with van der Waals surface area (Å²) in [5, 5.41) is 0.619. The average molecular weight is 436 g/mol. The topological polar surface area (TPSA) is 0 Å². The van der Waals surface area contributed by atoms with Crippen LogP contribution in [0, 0.1) is 23.3 Å². The van der Waals surface area contributed by atoms with Crippen LogP contribution in [0.3, 0.4) is 0 Å². The van der Waals surface area contributed by atoms with E-state index < -0.39 is 17.5 Å². The van der Waals surface area contributed by atoms with Crippen LogP contribution in [0.2, 0.25) is 0 Å². The third-order valence-electron chi connectivity index (χ3n) is 5.85. The van der Waals surface area contributed by atoms with E-state index in [1.165, 1.54) is 30.7 Å². The highest BCUT2D eigenvalue weighted by atomic mass is 19.2. The molecule has 0 aromatic heterocycles. The molecule has 0 unspecified atom stereocenters. The summed E-state index contributed by atoms with van der Waals surface area (Å²) in [6.07, 6.45) is 5.32. The number of fused-ring (bicyclic) bond motifs is 1. The molecule has 4 heteroatoms. The van der Waals surface area contributed by atoms with Gasteiger partial charge in [-0.25, -0.2) is 17.6 Å². The molecule has 0 atom stereocenters. The number of rotatable bonds is 7. The van der Waals surface area contributed by atoms with Gasteiger partial charge in [0.25, 0.3) is 0 Å². The molecule has 4 aromatic rings. The van der Waals surface area contributed by atoms with Crippen molar-refractivity contribution in [1.29, 1.82) is 0 Å². The van der Waals surface area contributed by atoms with Gasteiger partial charge in [0.05, 0.1) is 0 Å². The monoisotopic (exact) mass is 436 g/mol. The molecule has 4 aromatic carbocycles. The molecule has 4 rings (SSSR count). The largest absolute Gasteiger partial charge is 0.206 e. The van der Waals surface area contributed by atoms with Crippen LogP contribution < -0.4 is 0 Å². The van der Waals surface area contributed by atoms with Crippen LogP contribution in [0.5, 0.6) is 0 Å². The quantitative estimate of drug-likeness (QED) is 0.200. The van der Waals surface area contributed by atoms with Gasteiger partial charge in [-0.15, -0.1) is 0 Å². The molecule has 0 spiro atoms. The standard InChI is InChI=1S/C28H24F4/c1-2-3-4-5-6-18-7-11-22(26(30)15-18)21-8-12-23(27(31)17-21)19-9-13-24-20(16-19)10-14-25(29)28(24)32/h7-17H,2-6H2,1H3. The summed E-state index contributed by atoms with van der Waals surface area (Å²) in [5.74, 6) is -2.72. The van der Waals surface area contributed by atoms with Gasteiger partial charge in [0.2, 0.25) is 0 Å². The summed E-state index contributed by atoms with van der Waals surface area (Å²) < 4.78 is 57.0. The molecule has 0 aliphatic carbocycles. The minimum atomic E-state index is -0.922. The van der Waals surface area contributed by atoms with E-state index in [1.807, 2.05) is 6.07 Å². The van der Waals surface area contributed by atoms with E-state index in [2.05, 4.69) is 6.92 Å². The molecule has 0 N–H and O–H groups in total. The summed E-state index contributed by atoms with van der Waals surface area (Å²) in [6, 6.07) is 16.8. The first-order valence-corrected chi connectivity index (χ1v) is 10.9. The third kappa shape index (κ3) is 4.55. The molecule has 164 valence electrons. The molecule has 0 aliphatic rings. The van der Waals surface area contributed by atoms with Crippen molar-refractivity contribution in [3.63, 3.8) is 0 Å². The fourth-order valence-corrected chi connectivity index (χ4v) is 4.05. The van der Waals surface area contributed by atoms with Crippen molar-refractivity contribution in [2.24, 2.45) is 0 Å². The SMILES string of the molecule is CCCCCCc1ccc(-c2ccc(-c3ccc4c(F)c(F)ccc4c3)c(F)c2)c(F)c1. The zero-order valence-electron chi connectivity index (χ0n) is 17.9. The molecule has 0 saturated carbocycles. The van der Waals surface area contributed by atoms with E-state index in [1.54, 1.807) is 30.3 Å². The van der Waals surface area contributed by atoms with Crippen molar-refractivity contribution in [3.05, 3.63) is 95.6 Å². The lowest BCUT2D eigenvalue weighted by Crippen LogP contribution is -1.93. The van der Waals surface area contributed by atoms with Crippen LogP contribution in [-0.4, -0.2) is 0 Å². The van der Waals surface area contributed by atoms with E-state index in [0.29, 0.717) is 27.6 Å². The number of halogens is 4. The number of hydrogen-bond donors (Lipinski definition) is 0. The van der Waals surface area contributed by atoms with Gasteiger partial charge in [-0.3, -0.25) is 0 Å². The minimum Gasteiger partial charge on any atom is -0.206 e. The maximum Gasteiger partial charge on any atom is 0.166 e. The first-order chi connectivity index (χ1) is 15.5. The Balaban J connectivity index is 1.60. The Morgan fingerprint density at radius 3 is 2.00 bits per heavy atom. The lowest BCUT2D eigenvalue weighted by molar-refractivity contribution is 0.517. The number of benzene rings is 4. The van der Waals surface area contributed by atoms with Gasteiger partial charge in [-0.2, -0.15) is 0 Å². The Morgan fingerprint density at radius 2 is 1.28 bits per heavy atom. The van der Waals surface area contributed by atoms with Crippen LogP contribution >= 0.6 is 0 Å². The summed E-state index contributed by atoms with van der Waals surface area (Å²) in [5.41, 5.74) is 2.60. The van der Waals surface area contributed by atoms with Gasteiger partial charge in [-0.05, 0) is 59.2 Å². The van der Waals surface area contributed by atoms with Crippen molar-refractivity contribution in [3.8, 4) is 22.3 Å². The number of hydrogen-bond acceptors (Lipinski definition) is 0. The zero-order valence-corrected chi connectivity index (χ0v) is 17.9. The van der Waals surface area contributed by atoms with Crippen molar-refractivity contribution < 1.29 is 17.6 Å². The maximum absolute atomic E-state index is 15.0. The average Bonchev–Trinajstić information content (AvgIpc) is 2.79. The molecule has 0 radical (unpaired) electrons. The molecule has 0 nitrogen and oxygen atoms in total. The van der Waals surface area contributed by atoms with E-state index in [9.17, 15) is 17.6 Å². The van der Waals surface area contributed by atoms with E-state index in [0.717, 1.165) is 37.3 Å². The molecule has 0 heterocycles. The first-order valence-electron chi connectivity index (χ1n) is 10.9. The summed E-state index contributed by atoms with van der Waals surface area (Å²) in [6.45, 7) is 2.15. The predicted molar refractivity (Wildman–Crippen MR) is 122 cm³/mol. The lowest BCUT2D eigenvalue weighted by atomic mass is 9.96. The highest BCUT2D eigenvalue weighted by Crippen LogP contribution is 2.32. The van der Waals surface area contributed by atoms with Gasteiger partial charge >= 0.3 is 0 Å². The van der Waals surface area contributed by atoms with Crippen LogP contribution in [-0.2, 0) is 6.42 Å². The molecular formula is C28H24F4. The second-order valence-electron chi connectivity index (χ2n) is 8.12. The van der Waals surface area contributed by atoms with Crippen LogP contribution in [0.4, 0.5) is 17.6 Å². The Hall–Kier alpha value is -3.14. The lowest BCUT2D eigenvalue weighted by Gasteiger charge is -2.10. The minimum absolute atomic E-state index is 0.141. The van der Waals surface area contributed by atoms with Crippen molar-refractivity contribution in [1.82, 2.24) is 0 Å². The van der Waals surface area contributed by atoms with Crippen LogP contribution in [0.1, 0.15) is 38.2 Å². The summed E-state index contributed by atoms with van der Waals surface area (Å²) in [4.78, 5) is 0. The number of unbranched alkanes of at least 4 members (excludes halogenated alkanes) is 3. The fourth-order valence-electron chi connectivity index (χ4n) is 4.05. The summed E-state index contributed by atoms with van der Waals surface area (Å²) in [7, 11) is 0. The van der Waals surface area contributed by atoms with Crippen molar-refractivity contribution >= 4 is 10.8 Å². The Kier molecular flexibility index (Phi) is 6.59. The van der Waals surface area contributed by atoms with Gasteiger partial charge < -0.3 is 0 Å². The summed E-state index contributed by atoms with van der Waals surface area (Å²) >= 11 is 0. The molecule has 0 aliphatic heterocycles. The van der Waals surface area contributed by atoms with Gasteiger partial charge in [-0.1, -0.05) is 68.7 Å². The molecule has 0 amide bonds. The van der Waals surface area contributed by atoms with Gasteiger partial charge in [0, 0.05) is 16.5 Å². The maximum atomic E-state index is 15.0. The van der Waals surface area contributed by atoms with Crippen LogP contribution in [0.15, 0.2) is 66.7 Å². The third-order valence-corrected chi connectivity index (χ3v) is 5.85. The van der Waals surface area contributed by atoms with E-state index in [-0.39, 0.29) is 11.2 Å². The Morgan fingerprint density at radius 1 is 0.594 bits per heavy atom. The smallest absolute Gasteiger partial charge is 0.166 e. The second-order valence-corrected chi connectivity index (χ2v) is 8.12. The normalized spacial score (nSPS) is 11.3. The highest BCUT2D eigenvalue weighted by molar-refractivity contribution is 5.88. The van der Waals surface area contributed by atoms with Gasteiger partial charge in [0.15, 0.2) is 11.6 Å². The fraction of sp³-hybridized carbons (Fsp3) is 0.214.